The largest absolute Gasteiger partial charge is 0.573 e. The maximum absolute atomic E-state index is 12.0. The molecule has 0 aliphatic rings. The molecule has 120 valence electrons. The predicted octanol–water partition coefficient (Wildman–Crippen LogP) is 3.45. The van der Waals surface area contributed by atoms with Crippen LogP contribution in [-0.2, 0) is 6.54 Å². The highest BCUT2D eigenvalue weighted by Crippen LogP contribution is 2.22. The van der Waals surface area contributed by atoms with E-state index in [1.807, 2.05) is 0 Å². The summed E-state index contributed by atoms with van der Waals surface area (Å²) in [5.41, 5.74) is 0.971. The second-order valence-electron chi connectivity index (χ2n) is 6.10. The molecule has 21 heavy (non-hydrogen) atoms. The van der Waals surface area contributed by atoms with Crippen LogP contribution in [0.15, 0.2) is 24.3 Å². The summed E-state index contributed by atoms with van der Waals surface area (Å²) < 4.78 is 39.9. The molecule has 1 atom stereocenters. The Bertz CT molecular complexity index is 424. The number of hydrogen-bond donors (Lipinski definition) is 2. The topological polar surface area (TPSA) is 33.3 Å². The van der Waals surface area contributed by atoms with Crippen molar-refractivity contribution in [2.24, 2.45) is 0 Å². The van der Waals surface area contributed by atoms with Crippen LogP contribution >= 0.6 is 0 Å². The molecule has 0 heterocycles. The van der Waals surface area contributed by atoms with Crippen molar-refractivity contribution >= 4 is 0 Å². The van der Waals surface area contributed by atoms with Crippen molar-refractivity contribution in [3.8, 4) is 5.75 Å². The molecule has 2 N–H and O–H groups in total. The molecule has 1 aromatic rings. The highest BCUT2D eigenvalue weighted by Gasteiger charge is 2.30. The van der Waals surface area contributed by atoms with Crippen molar-refractivity contribution in [3.63, 3.8) is 0 Å². The molecule has 0 bridgehead atoms. The summed E-state index contributed by atoms with van der Waals surface area (Å²) in [4.78, 5) is 0. The zero-order valence-electron chi connectivity index (χ0n) is 12.8. The number of benzene rings is 1. The SMILES string of the molecule is CC(CNC(C)(C)C)NCc1ccc(OC(F)(F)F)cc1. The maximum Gasteiger partial charge on any atom is 0.573 e. The highest BCUT2D eigenvalue weighted by molar-refractivity contribution is 5.27. The van der Waals surface area contributed by atoms with Crippen molar-refractivity contribution in [3.05, 3.63) is 29.8 Å². The van der Waals surface area contributed by atoms with Gasteiger partial charge >= 0.3 is 6.36 Å². The minimum absolute atomic E-state index is 0.0620. The Morgan fingerprint density at radius 2 is 1.67 bits per heavy atom. The van der Waals surface area contributed by atoms with Crippen LogP contribution in [0, 0.1) is 0 Å². The van der Waals surface area contributed by atoms with Gasteiger partial charge in [0.2, 0.25) is 0 Å². The lowest BCUT2D eigenvalue weighted by Crippen LogP contribution is -2.44. The van der Waals surface area contributed by atoms with E-state index in [2.05, 4.69) is 43.1 Å². The first-order valence-electron chi connectivity index (χ1n) is 6.88. The van der Waals surface area contributed by atoms with Gasteiger partial charge in [-0.25, -0.2) is 0 Å². The molecular formula is C15H23F3N2O. The van der Waals surface area contributed by atoms with Gasteiger partial charge in [-0.1, -0.05) is 12.1 Å². The summed E-state index contributed by atoms with van der Waals surface area (Å²) in [6, 6.07) is 6.15. The summed E-state index contributed by atoms with van der Waals surface area (Å²) in [6.45, 7) is 9.76. The number of hydrogen-bond acceptors (Lipinski definition) is 3. The Kier molecular flexibility index (Phi) is 6.04. The van der Waals surface area contributed by atoms with Gasteiger partial charge in [-0.3, -0.25) is 0 Å². The fourth-order valence-electron chi connectivity index (χ4n) is 1.63. The van der Waals surface area contributed by atoms with Crippen LogP contribution in [0.3, 0.4) is 0 Å². The molecule has 0 spiro atoms. The van der Waals surface area contributed by atoms with E-state index in [1.54, 1.807) is 12.1 Å². The van der Waals surface area contributed by atoms with Crippen molar-refractivity contribution < 1.29 is 17.9 Å². The third kappa shape index (κ3) is 8.57. The number of nitrogens with one attached hydrogen (secondary N) is 2. The second-order valence-corrected chi connectivity index (χ2v) is 6.10. The zero-order chi connectivity index (χ0) is 16.1. The molecule has 0 fully saturated rings. The zero-order valence-corrected chi connectivity index (χ0v) is 12.8. The highest BCUT2D eigenvalue weighted by atomic mass is 19.4. The smallest absolute Gasteiger partial charge is 0.406 e. The van der Waals surface area contributed by atoms with Crippen LogP contribution in [0.4, 0.5) is 13.2 Å². The monoisotopic (exact) mass is 304 g/mol. The minimum Gasteiger partial charge on any atom is -0.406 e. The molecular weight excluding hydrogens is 281 g/mol. The molecule has 3 nitrogen and oxygen atoms in total. The lowest BCUT2D eigenvalue weighted by molar-refractivity contribution is -0.274. The van der Waals surface area contributed by atoms with Gasteiger partial charge in [0.1, 0.15) is 5.75 Å². The van der Waals surface area contributed by atoms with Crippen molar-refractivity contribution in [1.82, 2.24) is 10.6 Å². The van der Waals surface area contributed by atoms with Gasteiger partial charge < -0.3 is 15.4 Å². The predicted molar refractivity (Wildman–Crippen MR) is 77.2 cm³/mol. The molecule has 1 aromatic carbocycles. The molecule has 0 aliphatic carbocycles. The first-order valence-corrected chi connectivity index (χ1v) is 6.88. The fraction of sp³-hybridized carbons (Fsp3) is 0.600. The van der Waals surface area contributed by atoms with Crippen LogP contribution in [0.2, 0.25) is 0 Å². The van der Waals surface area contributed by atoms with Crippen LogP contribution in [0.1, 0.15) is 33.3 Å². The van der Waals surface area contributed by atoms with E-state index in [4.69, 9.17) is 0 Å². The third-order valence-electron chi connectivity index (χ3n) is 2.75. The molecule has 6 heteroatoms. The summed E-state index contributed by atoms with van der Waals surface area (Å²) >= 11 is 0. The van der Waals surface area contributed by atoms with Gasteiger partial charge in [0.25, 0.3) is 0 Å². The Hall–Kier alpha value is -1.27. The average molecular weight is 304 g/mol. The molecule has 0 saturated heterocycles. The Morgan fingerprint density at radius 1 is 1.10 bits per heavy atom. The standard InChI is InChI=1S/C15H23F3N2O/c1-11(9-20-14(2,3)4)19-10-12-5-7-13(8-6-12)21-15(16,17)18/h5-8,11,19-20H,9-10H2,1-4H3. The third-order valence-corrected chi connectivity index (χ3v) is 2.75. The number of halogens is 3. The maximum atomic E-state index is 12.0. The average Bonchev–Trinajstić information content (AvgIpc) is 2.33. The molecule has 1 unspecified atom stereocenters. The minimum atomic E-state index is -4.65. The van der Waals surface area contributed by atoms with E-state index in [0.29, 0.717) is 6.54 Å². The summed E-state index contributed by atoms with van der Waals surface area (Å²) in [7, 11) is 0. The van der Waals surface area contributed by atoms with E-state index >= 15 is 0 Å². The molecule has 0 amide bonds. The van der Waals surface area contributed by atoms with E-state index in [1.165, 1.54) is 12.1 Å². The first-order chi connectivity index (χ1) is 9.55. The molecule has 0 aliphatic heterocycles. The van der Waals surface area contributed by atoms with Gasteiger partial charge in [0, 0.05) is 24.7 Å². The Balaban J connectivity index is 2.39. The quantitative estimate of drug-likeness (QED) is 0.844. The molecule has 1 rings (SSSR count). The van der Waals surface area contributed by atoms with Gasteiger partial charge in [-0.2, -0.15) is 0 Å². The lowest BCUT2D eigenvalue weighted by Gasteiger charge is -2.24. The first kappa shape index (κ1) is 17.8. The fourth-order valence-corrected chi connectivity index (χ4v) is 1.63. The van der Waals surface area contributed by atoms with E-state index in [9.17, 15) is 13.2 Å². The molecule has 0 aromatic heterocycles. The summed E-state index contributed by atoms with van der Waals surface area (Å²) in [5.74, 6) is -0.200. The van der Waals surface area contributed by atoms with Gasteiger partial charge in [-0.15, -0.1) is 13.2 Å². The number of ether oxygens (including phenoxy) is 1. The summed E-state index contributed by atoms with van der Waals surface area (Å²) in [6.07, 6.45) is -4.65. The molecule has 0 saturated carbocycles. The van der Waals surface area contributed by atoms with E-state index in [-0.39, 0.29) is 17.3 Å². The van der Waals surface area contributed by atoms with Crippen LogP contribution in [-0.4, -0.2) is 24.5 Å². The number of rotatable bonds is 6. The van der Waals surface area contributed by atoms with Crippen molar-refractivity contribution in [2.45, 2.75) is 52.2 Å². The van der Waals surface area contributed by atoms with Gasteiger partial charge in [0.15, 0.2) is 0 Å². The van der Waals surface area contributed by atoms with E-state index < -0.39 is 6.36 Å². The van der Waals surface area contributed by atoms with Gasteiger partial charge in [0.05, 0.1) is 0 Å². The van der Waals surface area contributed by atoms with Crippen molar-refractivity contribution in [1.29, 1.82) is 0 Å². The Labute approximate surface area is 123 Å². The van der Waals surface area contributed by atoms with Crippen molar-refractivity contribution in [2.75, 3.05) is 6.54 Å². The molecule has 0 radical (unpaired) electrons. The number of alkyl halides is 3. The van der Waals surface area contributed by atoms with Crippen LogP contribution in [0.25, 0.3) is 0 Å². The normalized spacial score (nSPS) is 14.0. The lowest BCUT2D eigenvalue weighted by atomic mass is 10.1. The van der Waals surface area contributed by atoms with E-state index in [0.717, 1.165) is 12.1 Å². The Morgan fingerprint density at radius 3 is 2.14 bits per heavy atom. The van der Waals surface area contributed by atoms with Crippen LogP contribution < -0.4 is 15.4 Å². The summed E-state index contributed by atoms with van der Waals surface area (Å²) in [5, 5.41) is 6.70. The van der Waals surface area contributed by atoms with Gasteiger partial charge in [-0.05, 0) is 45.4 Å². The second kappa shape index (κ2) is 7.13. The van der Waals surface area contributed by atoms with Crippen LogP contribution in [0.5, 0.6) is 5.75 Å².